The Morgan fingerprint density at radius 1 is 0.935 bits per heavy atom. The zero-order valence-corrected chi connectivity index (χ0v) is 25.6. The third-order valence-electron chi connectivity index (χ3n) is 8.00. The van der Waals surface area contributed by atoms with Gasteiger partial charge in [0.05, 0.1) is 20.1 Å². The van der Waals surface area contributed by atoms with Gasteiger partial charge in [-0.05, 0) is 61.2 Å². The molecular weight excluding hydrogens is 606 g/mol. The highest BCUT2D eigenvalue weighted by Gasteiger charge is 2.32. The predicted octanol–water partition coefficient (Wildman–Crippen LogP) is 0.935. The highest BCUT2D eigenvalue weighted by molar-refractivity contribution is 5.91. The van der Waals surface area contributed by atoms with Gasteiger partial charge in [-0.25, -0.2) is 9.59 Å². The minimum atomic E-state index is -2.27. The average Bonchev–Trinajstić information content (AvgIpc) is 3.53. The molecule has 250 valence electrons. The Kier molecular flexibility index (Phi) is 11.6. The van der Waals surface area contributed by atoms with Crippen LogP contribution in [0.2, 0.25) is 0 Å². The lowest BCUT2D eigenvalue weighted by molar-refractivity contribution is -0.165. The standard InChI is InChI=1S/C27H33N3O6.C4H6O6/c1-33-23-12-18-7-11-30(16-20(18)13-24(23)34-2)27(32)19-4-3-9-29(15-19)10-8-26(31)28-21-5-6-22-25(14-21)36-17-35-22;5-1(3(7)8)2(6)4(9)10/h5-6,12-14,19H,3-4,7-11,15-17H2,1-2H3,(H,28,31);1-2,5-6H,(H,7,8)(H,9,10)/t19-;/m1./s1. The number of ether oxygens (including phenoxy) is 4. The van der Waals surface area contributed by atoms with Gasteiger partial charge in [0.2, 0.25) is 18.6 Å². The molecule has 5 rings (SSSR count). The van der Waals surface area contributed by atoms with Gasteiger partial charge >= 0.3 is 11.9 Å². The Morgan fingerprint density at radius 2 is 1.59 bits per heavy atom. The minimum absolute atomic E-state index is 0.0441. The van der Waals surface area contributed by atoms with Crippen molar-refractivity contribution in [2.75, 3.05) is 52.5 Å². The molecule has 5 N–H and O–H groups in total. The van der Waals surface area contributed by atoms with Crippen LogP contribution in [0.25, 0.3) is 0 Å². The molecule has 0 aromatic heterocycles. The highest BCUT2D eigenvalue weighted by Crippen LogP contribution is 2.35. The van der Waals surface area contributed by atoms with E-state index < -0.39 is 24.1 Å². The van der Waals surface area contributed by atoms with Crippen LogP contribution in [0.3, 0.4) is 0 Å². The van der Waals surface area contributed by atoms with Crippen molar-refractivity contribution in [3.8, 4) is 23.0 Å². The van der Waals surface area contributed by atoms with E-state index in [-0.39, 0.29) is 24.5 Å². The Bertz CT molecular complexity index is 1420. The number of likely N-dealkylation sites (tertiary alicyclic amines) is 1. The number of carbonyl (C=O) groups excluding carboxylic acids is 2. The number of benzene rings is 2. The number of methoxy groups -OCH3 is 2. The first kappa shape index (κ1) is 34.3. The molecule has 0 saturated carbocycles. The topological polar surface area (TPSA) is 205 Å². The first-order valence-electron chi connectivity index (χ1n) is 14.8. The van der Waals surface area contributed by atoms with Crippen molar-refractivity contribution in [2.24, 2.45) is 5.92 Å². The lowest BCUT2D eigenvalue weighted by Crippen LogP contribution is -2.46. The summed E-state index contributed by atoms with van der Waals surface area (Å²) in [5.74, 6) is -0.697. The summed E-state index contributed by atoms with van der Waals surface area (Å²) >= 11 is 0. The molecule has 3 aliphatic heterocycles. The average molecular weight is 646 g/mol. The molecule has 3 atom stereocenters. The summed E-state index contributed by atoms with van der Waals surface area (Å²) in [6.07, 6.45) is -1.52. The van der Waals surface area contributed by atoms with Crippen molar-refractivity contribution < 1.29 is 58.6 Å². The van der Waals surface area contributed by atoms with E-state index in [9.17, 15) is 19.2 Å². The number of nitrogens with zero attached hydrogens (tertiary/aromatic N) is 2. The van der Waals surface area contributed by atoms with E-state index >= 15 is 0 Å². The summed E-state index contributed by atoms with van der Waals surface area (Å²) in [5.41, 5.74) is 3.01. The first-order valence-corrected chi connectivity index (χ1v) is 14.8. The second-order valence-corrected chi connectivity index (χ2v) is 11.1. The number of anilines is 1. The van der Waals surface area contributed by atoms with Gasteiger partial charge in [0.25, 0.3) is 0 Å². The lowest BCUT2D eigenvalue weighted by Gasteiger charge is -2.36. The minimum Gasteiger partial charge on any atom is -0.493 e. The molecule has 15 heteroatoms. The van der Waals surface area contributed by atoms with Crippen molar-refractivity contribution in [2.45, 2.75) is 44.4 Å². The molecule has 3 aliphatic rings. The number of piperidine rings is 1. The molecule has 0 radical (unpaired) electrons. The molecule has 1 saturated heterocycles. The van der Waals surface area contributed by atoms with E-state index in [1.54, 1.807) is 26.4 Å². The van der Waals surface area contributed by atoms with Crippen molar-refractivity contribution >= 4 is 29.4 Å². The van der Waals surface area contributed by atoms with Gasteiger partial charge in [-0.1, -0.05) is 0 Å². The molecule has 15 nitrogen and oxygen atoms in total. The first-order chi connectivity index (χ1) is 22.0. The van der Waals surface area contributed by atoms with Gasteiger partial charge in [0, 0.05) is 44.4 Å². The fraction of sp³-hybridized carbons (Fsp3) is 0.484. The number of hydrogen-bond acceptors (Lipinski definition) is 11. The zero-order valence-electron chi connectivity index (χ0n) is 25.6. The van der Waals surface area contributed by atoms with E-state index in [1.165, 1.54) is 5.56 Å². The maximum atomic E-state index is 13.4. The van der Waals surface area contributed by atoms with E-state index in [1.807, 2.05) is 23.1 Å². The molecule has 0 bridgehead atoms. The summed E-state index contributed by atoms with van der Waals surface area (Å²) in [6.45, 7) is 3.71. The summed E-state index contributed by atoms with van der Waals surface area (Å²) in [7, 11) is 3.26. The number of carboxylic acids is 2. The monoisotopic (exact) mass is 645 g/mol. The Labute approximate surface area is 265 Å². The van der Waals surface area contributed by atoms with E-state index in [0.717, 1.165) is 37.1 Å². The molecule has 2 unspecified atom stereocenters. The van der Waals surface area contributed by atoms with Crippen LogP contribution in [0.1, 0.15) is 30.4 Å². The van der Waals surface area contributed by atoms with Gasteiger partial charge in [-0.2, -0.15) is 0 Å². The number of rotatable bonds is 10. The summed E-state index contributed by atoms with van der Waals surface area (Å²) in [4.78, 5) is 49.7. The maximum absolute atomic E-state index is 13.4. The molecule has 0 aliphatic carbocycles. The van der Waals surface area contributed by atoms with Gasteiger partial charge in [0.15, 0.2) is 35.2 Å². The Balaban J connectivity index is 0.000000416. The van der Waals surface area contributed by atoms with Crippen LogP contribution in [0.15, 0.2) is 30.3 Å². The molecule has 2 aromatic carbocycles. The number of carbonyl (C=O) groups is 4. The van der Waals surface area contributed by atoms with Crippen LogP contribution < -0.4 is 24.3 Å². The molecule has 3 heterocycles. The quantitative estimate of drug-likeness (QED) is 0.244. The second-order valence-electron chi connectivity index (χ2n) is 11.1. The van der Waals surface area contributed by atoms with E-state index in [4.69, 9.17) is 39.4 Å². The van der Waals surface area contributed by atoms with Crippen LogP contribution in [-0.4, -0.2) is 113 Å². The summed E-state index contributed by atoms with van der Waals surface area (Å²) in [5, 5.41) is 35.5. The summed E-state index contributed by atoms with van der Waals surface area (Å²) < 4.78 is 21.6. The van der Waals surface area contributed by atoms with Crippen LogP contribution in [0, 0.1) is 5.92 Å². The zero-order chi connectivity index (χ0) is 33.4. The van der Waals surface area contributed by atoms with Crippen molar-refractivity contribution in [1.82, 2.24) is 9.80 Å². The lowest BCUT2D eigenvalue weighted by atomic mass is 9.93. The van der Waals surface area contributed by atoms with E-state index in [0.29, 0.717) is 55.5 Å². The van der Waals surface area contributed by atoms with E-state index in [2.05, 4.69) is 10.2 Å². The number of amides is 2. The number of carboxylic acid groups (broad SMARTS) is 2. The third kappa shape index (κ3) is 8.56. The molecule has 1 fully saturated rings. The number of aliphatic hydroxyl groups excluding tert-OH is 2. The van der Waals surface area contributed by atoms with Gasteiger partial charge in [0.1, 0.15) is 0 Å². The highest BCUT2D eigenvalue weighted by atomic mass is 16.7. The SMILES string of the molecule is COc1cc2c(cc1OC)CN(C(=O)[C@@H]1CCCN(CCC(=O)Nc3ccc4c(c3)OCO4)C1)CC2.O=C(O)C(O)C(O)C(=O)O. The number of nitrogens with one attached hydrogen (secondary N) is 1. The number of fused-ring (bicyclic) bond motifs is 2. The Morgan fingerprint density at radius 3 is 2.24 bits per heavy atom. The number of aliphatic hydroxyl groups is 2. The van der Waals surface area contributed by atoms with Gasteiger partial charge in [-0.15, -0.1) is 0 Å². The summed E-state index contributed by atoms with van der Waals surface area (Å²) in [6, 6.07) is 9.39. The van der Waals surface area contributed by atoms with Crippen LogP contribution in [0.4, 0.5) is 5.69 Å². The van der Waals surface area contributed by atoms with Crippen molar-refractivity contribution in [3.05, 3.63) is 41.5 Å². The van der Waals surface area contributed by atoms with Gasteiger partial charge < -0.3 is 54.5 Å². The molecule has 46 heavy (non-hydrogen) atoms. The van der Waals surface area contributed by atoms with Crippen molar-refractivity contribution in [3.63, 3.8) is 0 Å². The number of hydrogen-bond donors (Lipinski definition) is 5. The second kappa shape index (κ2) is 15.6. The van der Waals surface area contributed by atoms with Crippen LogP contribution in [-0.2, 0) is 32.1 Å². The molecule has 0 spiro atoms. The molecule has 2 aromatic rings. The molecule has 2 amide bonds. The molecular formula is C31H39N3O12. The predicted molar refractivity (Wildman–Crippen MR) is 161 cm³/mol. The smallest absolute Gasteiger partial charge is 0.335 e. The maximum Gasteiger partial charge on any atom is 0.335 e. The van der Waals surface area contributed by atoms with Crippen molar-refractivity contribution in [1.29, 1.82) is 0 Å². The fourth-order valence-corrected chi connectivity index (χ4v) is 5.52. The van der Waals surface area contributed by atoms with Gasteiger partial charge in [-0.3, -0.25) is 9.59 Å². The fourth-order valence-electron chi connectivity index (χ4n) is 5.52. The Hall–Kier alpha value is -4.60. The van der Waals surface area contributed by atoms with Crippen LogP contribution in [0.5, 0.6) is 23.0 Å². The largest absolute Gasteiger partial charge is 0.493 e. The third-order valence-corrected chi connectivity index (χ3v) is 8.00. The number of aliphatic carboxylic acids is 2. The van der Waals surface area contributed by atoms with Crippen LogP contribution >= 0.6 is 0 Å². The normalized spacial score (nSPS) is 18.3.